The van der Waals surface area contributed by atoms with E-state index in [1.165, 1.54) is 11.3 Å². The molecule has 0 amide bonds. The van der Waals surface area contributed by atoms with Crippen LogP contribution in [0, 0.1) is 0 Å². The van der Waals surface area contributed by atoms with E-state index in [0.717, 1.165) is 10.3 Å². The molecule has 0 fully saturated rings. The van der Waals surface area contributed by atoms with E-state index in [0.29, 0.717) is 44.4 Å². The summed E-state index contributed by atoms with van der Waals surface area (Å²) >= 11 is 13.3. The summed E-state index contributed by atoms with van der Waals surface area (Å²) in [6.45, 7) is -0.137. The minimum Gasteiger partial charge on any atom is -0.489 e. The lowest BCUT2D eigenvalue weighted by molar-refractivity contribution is -0.139. The van der Waals surface area contributed by atoms with E-state index in [1.54, 1.807) is 60.7 Å². The lowest BCUT2D eigenvalue weighted by Gasteiger charge is -2.08. The van der Waals surface area contributed by atoms with Gasteiger partial charge in [-0.25, -0.2) is 9.78 Å². The van der Waals surface area contributed by atoms with E-state index in [1.807, 2.05) is 0 Å². The number of nitrogens with zero attached hydrogens (tertiary/aromatic N) is 1. The first-order chi connectivity index (χ1) is 16.3. The summed E-state index contributed by atoms with van der Waals surface area (Å²) in [4.78, 5) is 27.4. The van der Waals surface area contributed by atoms with Crippen LogP contribution >= 0.6 is 34.5 Å². The first kappa shape index (κ1) is 23.8. The van der Waals surface area contributed by atoms with Crippen molar-refractivity contribution in [3.63, 3.8) is 0 Å². The molecule has 0 spiro atoms. The number of carbonyl (C=O) groups is 2. The number of aliphatic carboxylic acids is 1. The quantitative estimate of drug-likeness (QED) is 0.221. The molecule has 4 rings (SSSR count). The summed E-state index contributed by atoms with van der Waals surface area (Å²) in [5.74, 6) is -0.104. The number of rotatable bonds is 9. The second-order valence-corrected chi connectivity index (χ2v) is 9.10. The van der Waals surface area contributed by atoms with Crippen LogP contribution in [0.15, 0.2) is 60.7 Å². The molecule has 10 heteroatoms. The summed E-state index contributed by atoms with van der Waals surface area (Å²) in [6.07, 6.45) is -0.00155. The second kappa shape index (κ2) is 10.7. The number of carbonyl (C=O) groups excluding carboxylic acids is 1. The maximum Gasteiger partial charge on any atom is 0.341 e. The van der Waals surface area contributed by atoms with Crippen molar-refractivity contribution in [3.8, 4) is 17.2 Å². The summed E-state index contributed by atoms with van der Waals surface area (Å²) in [5, 5.41) is 10.4. The van der Waals surface area contributed by atoms with Crippen LogP contribution in [0.1, 0.15) is 10.6 Å². The molecule has 0 unspecified atom stereocenters. The molecule has 0 saturated heterocycles. The molecule has 0 bridgehead atoms. The van der Waals surface area contributed by atoms with Crippen LogP contribution in [-0.2, 0) is 22.6 Å². The Balaban J connectivity index is 1.31. The van der Waals surface area contributed by atoms with Gasteiger partial charge >= 0.3 is 11.9 Å². The Labute approximate surface area is 208 Å². The molecule has 0 atom stereocenters. The lowest BCUT2D eigenvalue weighted by Crippen LogP contribution is -2.10. The Kier molecular flexibility index (Phi) is 7.52. The molecule has 0 saturated carbocycles. The van der Waals surface area contributed by atoms with Crippen LogP contribution in [0.2, 0.25) is 10.0 Å². The van der Waals surface area contributed by atoms with Gasteiger partial charge in [0.1, 0.15) is 28.9 Å². The highest BCUT2D eigenvalue weighted by atomic mass is 35.5. The molecule has 0 aliphatic rings. The van der Waals surface area contributed by atoms with Gasteiger partial charge in [0.15, 0.2) is 6.61 Å². The van der Waals surface area contributed by atoms with Gasteiger partial charge in [0.2, 0.25) is 0 Å². The topological polar surface area (TPSA) is 95.0 Å². The van der Waals surface area contributed by atoms with Crippen LogP contribution in [0.3, 0.4) is 0 Å². The maximum absolute atomic E-state index is 12.4. The minimum absolute atomic E-state index is 0.00155. The molecular weight excluding hydrogens is 501 g/mol. The highest BCUT2D eigenvalue weighted by Crippen LogP contribution is 2.27. The number of carboxylic acid groups (broad SMARTS) is 1. The fourth-order valence-electron chi connectivity index (χ4n) is 3.02. The van der Waals surface area contributed by atoms with Crippen molar-refractivity contribution in [3.05, 3.63) is 81.3 Å². The maximum atomic E-state index is 12.4. The Hall–Kier alpha value is -3.33. The van der Waals surface area contributed by atoms with Gasteiger partial charge < -0.3 is 19.3 Å². The zero-order chi connectivity index (χ0) is 24.1. The van der Waals surface area contributed by atoms with E-state index in [-0.39, 0.29) is 6.42 Å². The molecule has 0 aliphatic carbocycles. The minimum atomic E-state index is -1.06. The monoisotopic (exact) mass is 517 g/mol. The Morgan fingerprint density at radius 3 is 2.26 bits per heavy atom. The highest BCUT2D eigenvalue weighted by molar-refractivity contribution is 7.18. The predicted molar refractivity (Wildman–Crippen MR) is 129 cm³/mol. The first-order valence-electron chi connectivity index (χ1n) is 9.96. The number of benzene rings is 3. The zero-order valence-corrected chi connectivity index (χ0v) is 19.8. The number of carboxylic acids is 1. The molecule has 1 heterocycles. The van der Waals surface area contributed by atoms with Crippen molar-refractivity contribution in [2.24, 2.45) is 0 Å². The number of hydrogen-bond donors (Lipinski definition) is 1. The van der Waals surface area contributed by atoms with Gasteiger partial charge in [-0.1, -0.05) is 23.2 Å². The largest absolute Gasteiger partial charge is 0.489 e. The van der Waals surface area contributed by atoms with E-state index in [4.69, 9.17) is 42.5 Å². The van der Waals surface area contributed by atoms with E-state index < -0.39 is 18.5 Å². The van der Waals surface area contributed by atoms with E-state index in [2.05, 4.69) is 4.98 Å². The van der Waals surface area contributed by atoms with Gasteiger partial charge in [0.05, 0.1) is 16.6 Å². The standard InChI is InChI=1S/C24H17Cl2NO6S/c25-15-7-14(8-16(26)9-15)12-31-17-1-3-18(4-2-17)33-24(30)11-22-27-20-6-5-19(10-21(20)34-22)32-13-23(28)29/h1-10H,11-13H2,(H,28,29). The molecule has 1 N–H and O–H groups in total. The van der Waals surface area contributed by atoms with Crippen molar-refractivity contribution >= 4 is 56.7 Å². The predicted octanol–water partition coefficient (Wildman–Crippen LogP) is 5.79. The summed E-state index contributed by atoms with van der Waals surface area (Å²) in [5.41, 5.74) is 1.53. The number of ether oxygens (including phenoxy) is 3. The van der Waals surface area contributed by atoms with Crippen LogP contribution < -0.4 is 14.2 Å². The Bertz CT molecular complexity index is 1320. The van der Waals surface area contributed by atoms with Gasteiger partial charge in [-0.2, -0.15) is 0 Å². The zero-order valence-electron chi connectivity index (χ0n) is 17.5. The fourth-order valence-corrected chi connectivity index (χ4v) is 4.57. The molecule has 174 valence electrons. The third-order valence-corrected chi connectivity index (χ3v) is 5.90. The number of fused-ring (bicyclic) bond motifs is 1. The number of halogens is 2. The molecule has 3 aromatic carbocycles. The summed E-state index contributed by atoms with van der Waals surface area (Å²) in [7, 11) is 0. The lowest BCUT2D eigenvalue weighted by atomic mass is 10.2. The van der Waals surface area contributed by atoms with Crippen LogP contribution in [0.25, 0.3) is 10.2 Å². The van der Waals surface area contributed by atoms with Gasteiger partial charge in [0, 0.05) is 10.0 Å². The molecule has 0 radical (unpaired) electrons. The van der Waals surface area contributed by atoms with E-state index in [9.17, 15) is 9.59 Å². The average Bonchev–Trinajstić information content (AvgIpc) is 3.18. The molecule has 4 aromatic rings. The van der Waals surface area contributed by atoms with Crippen molar-refractivity contribution < 1.29 is 28.9 Å². The Morgan fingerprint density at radius 1 is 0.882 bits per heavy atom. The third kappa shape index (κ3) is 6.60. The summed E-state index contributed by atoms with van der Waals surface area (Å²) < 4.78 is 17.1. The molecule has 7 nitrogen and oxygen atoms in total. The third-order valence-electron chi connectivity index (χ3n) is 4.45. The fraction of sp³-hybridized carbons (Fsp3) is 0.125. The van der Waals surface area contributed by atoms with Gasteiger partial charge in [-0.05, 0) is 66.2 Å². The molecule has 34 heavy (non-hydrogen) atoms. The van der Waals surface area contributed by atoms with Gasteiger partial charge in [0.25, 0.3) is 0 Å². The summed E-state index contributed by atoms with van der Waals surface area (Å²) in [6, 6.07) is 16.9. The van der Waals surface area contributed by atoms with Crippen molar-refractivity contribution in [1.29, 1.82) is 0 Å². The normalized spacial score (nSPS) is 10.8. The SMILES string of the molecule is O=C(O)COc1ccc2nc(CC(=O)Oc3ccc(OCc4cc(Cl)cc(Cl)c4)cc3)sc2c1. The van der Waals surface area contributed by atoms with Crippen LogP contribution in [-0.4, -0.2) is 28.6 Å². The number of esters is 1. The van der Waals surface area contributed by atoms with E-state index >= 15 is 0 Å². The number of thiazole rings is 1. The van der Waals surface area contributed by atoms with Gasteiger partial charge in [-0.3, -0.25) is 4.79 Å². The number of aromatic nitrogens is 1. The van der Waals surface area contributed by atoms with Crippen molar-refractivity contribution in [2.45, 2.75) is 13.0 Å². The smallest absolute Gasteiger partial charge is 0.341 e. The first-order valence-corrected chi connectivity index (χ1v) is 11.5. The number of hydrogen-bond acceptors (Lipinski definition) is 7. The molecule has 0 aliphatic heterocycles. The molecule has 1 aromatic heterocycles. The van der Waals surface area contributed by atoms with Gasteiger partial charge in [-0.15, -0.1) is 11.3 Å². The highest BCUT2D eigenvalue weighted by Gasteiger charge is 2.12. The Morgan fingerprint density at radius 2 is 1.56 bits per heavy atom. The van der Waals surface area contributed by atoms with Crippen molar-refractivity contribution in [2.75, 3.05) is 6.61 Å². The van der Waals surface area contributed by atoms with Crippen LogP contribution in [0.4, 0.5) is 0 Å². The van der Waals surface area contributed by atoms with Crippen molar-refractivity contribution in [1.82, 2.24) is 4.98 Å². The second-order valence-electron chi connectivity index (χ2n) is 7.11. The van der Waals surface area contributed by atoms with Crippen LogP contribution in [0.5, 0.6) is 17.2 Å². The average molecular weight is 518 g/mol. The molecular formula is C24H17Cl2NO6S.